The van der Waals surface area contributed by atoms with E-state index in [1.54, 1.807) is 18.2 Å². The molecule has 0 radical (unpaired) electrons. The molecule has 0 saturated carbocycles. The topological polar surface area (TPSA) is 29.1 Å². The fraction of sp³-hybridized carbons (Fsp3) is 0.0714. The van der Waals surface area contributed by atoms with Gasteiger partial charge in [-0.25, -0.2) is 0 Å². The Kier molecular flexibility index (Phi) is 4.50. The Morgan fingerprint density at radius 1 is 1.16 bits per heavy atom. The van der Waals surface area contributed by atoms with E-state index in [-0.39, 0.29) is 5.91 Å². The molecule has 0 aromatic heterocycles. The summed E-state index contributed by atoms with van der Waals surface area (Å²) in [6.45, 7) is 1.98. The molecule has 0 aliphatic heterocycles. The minimum Gasteiger partial charge on any atom is -0.322 e. The largest absolute Gasteiger partial charge is 0.322 e. The van der Waals surface area contributed by atoms with Crippen LogP contribution in [0.2, 0.25) is 10.0 Å². The number of hydrogen-bond donors (Lipinski definition) is 1. The van der Waals surface area contributed by atoms with E-state index in [1.807, 2.05) is 25.1 Å². The summed E-state index contributed by atoms with van der Waals surface area (Å²) >= 11 is 15.2. The molecule has 2 nitrogen and oxygen atoms in total. The molecule has 98 valence electrons. The monoisotopic (exact) mass is 357 g/mol. The maximum Gasteiger partial charge on any atom is 0.257 e. The SMILES string of the molecule is Cc1ccc(NC(=O)c2ccc(Cl)cc2Cl)cc1Br. The van der Waals surface area contributed by atoms with Crippen molar-refractivity contribution in [3.63, 3.8) is 0 Å². The maximum absolute atomic E-state index is 12.1. The van der Waals surface area contributed by atoms with Gasteiger partial charge in [0.05, 0.1) is 10.6 Å². The molecule has 0 saturated heterocycles. The molecule has 0 atom stereocenters. The number of anilines is 1. The van der Waals surface area contributed by atoms with E-state index in [0.717, 1.165) is 10.0 Å². The molecular formula is C14H10BrCl2NO. The summed E-state index contributed by atoms with van der Waals surface area (Å²) in [5.41, 5.74) is 2.19. The number of halogens is 3. The zero-order valence-electron chi connectivity index (χ0n) is 10.0. The molecule has 0 spiro atoms. The van der Waals surface area contributed by atoms with Gasteiger partial charge in [-0.15, -0.1) is 0 Å². The number of benzene rings is 2. The summed E-state index contributed by atoms with van der Waals surface area (Å²) in [4.78, 5) is 12.1. The summed E-state index contributed by atoms with van der Waals surface area (Å²) in [5, 5.41) is 3.62. The first-order valence-corrected chi connectivity index (χ1v) is 7.05. The summed E-state index contributed by atoms with van der Waals surface area (Å²) < 4.78 is 0.938. The number of nitrogens with one attached hydrogen (secondary N) is 1. The van der Waals surface area contributed by atoms with Crippen molar-refractivity contribution in [3.8, 4) is 0 Å². The molecule has 0 aliphatic rings. The van der Waals surface area contributed by atoms with Crippen LogP contribution in [0.4, 0.5) is 5.69 Å². The molecule has 1 N–H and O–H groups in total. The first-order valence-electron chi connectivity index (χ1n) is 5.50. The lowest BCUT2D eigenvalue weighted by Gasteiger charge is -2.08. The Bertz CT molecular complexity index is 643. The summed E-state index contributed by atoms with van der Waals surface area (Å²) in [7, 11) is 0. The second kappa shape index (κ2) is 5.95. The molecule has 5 heteroatoms. The van der Waals surface area contributed by atoms with Gasteiger partial charge >= 0.3 is 0 Å². The zero-order valence-corrected chi connectivity index (χ0v) is 13.1. The molecule has 0 unspecified atom stereocenters. The Hall–Kier alpha value is -1.03. The van der Waals surface area contributed by atoms with Gasteiger partial charge < -0.3 is 5.32 Å². The van der Waals surface area contributed by atoms with Crippen molar-refractivity contribution in [1.29, 1.82) is 0 Å². The Morgan fingerprint density at radius 2 is 1.89 bits per heavy atom. The molecule has 0 aliphatic carbocycles. The molecule has 2 rings (SSSR count). The Balaban J connectivity index is 2.23. The number of carbonyl (C=O) groups excluding carboxylic acids is 1. The standard InChI is InChI=1S/C14H10BrCl2NO/c1-8-2-4-10(7-12(8)15)18-14(19)11-5-3-9(16)6-13(11)17/h2-7H,1H3,(H,18,19). The van der Waals surface area contributed by atoms with Crippen LogP contribution in [0.25, 0.3) is 0 Å². The first kappa shape index (κ1) is 14.4. The molecule has 2 aromatic rings. The van der Waals surface area contributed by atoms with Crippen molar-refractivity contribution in [1.82, 2.24) is 0 Å². The van der Waals surface area contributed by atoms with Gasteiger partial charge in [-0.1, -0.05) is 45.2 Å². The van der Waals surface area contributed by atoms with Crippen LogP contribution >= 0.6 is 39.1 Å². The van der Waals surface area contributed by atoms with Gasteiger partial charge in [-0.05, 0) is 42.8 Å². The van der Waals surface area contributed by atoms with E-state index in [9.17, 15) is 4.79 Å². The highest BCUT2D eigenvalue weighted by Gasteiger charge is 2.11. The predicted octanol–water partition coefficient (Wildman–Crippen LogP) is 5.32. The molecular weight excluding hydrogens is 349 g/mol. The van der Waals surface area contributed by atoms with E-state index < -0.39 is 0 Å². The van der Waals surface area contributed by atoms with Crippen LogP contribution in [0.5, 0.6) is 0 Å². The number of hydrogen-bond acceptors (Lipinski definition) is 1. The van der Waals surface area contributed by atoms with E-state index in [0.29, 0.717) is 21.3 Å². The number of rotatable bonds is 2. The number of amides is 1. The van der Waals surface area contributed by atoms with Gasteiger partial charge in [0.15, 0.2) is 0 Å². The lowest BCUT2D eigenvalue weighted by atomic mass is 10.2. The van der Waals surface area contributed by atoms with E-state index >= 15 is 0 Å². The van der Waals surface area contributed by atoms with Crippen LogP contribution in [0.15, 0.2) is 40.9 Å². The van der Waals surface area contributed by atoms with Gasteiger partial charge in [-0.3, -0.25) is 4.79 Å². The van der Waals surface area contributed by atoms with Gasteiger partial charge in [0.1, 0.15) is 0 Å². The van der Waals surface area contributed by atoms with Crippen molar-refractivity contribution < 1.29 is 4.79 Å². The molecule has 19 heavy (non-hydrogen) atoms. The van der Waals surface area contributed by atoms with Crippen LogP contribution in [-0.2, 0) is 0 Å². The summed E-state index contributed by atoms with van der Waals surface area (Å²) in [5.74, 6) is -0.266. The fourth-order valence-corrected chi connectivity index (χ4v) is 2.42. The number of aryl methyl sites for hydroxylation is 1. The smallest absolute Gasteiger partial charge is 0.257 e. The normalized spacial score (nSPS) is 10.3. The number of carbonyl (C=O) groups is 1. The van der Waals surface area contributed by atoms with Gasteiger partial charge in [0, 0.05) is 15.2 Å². The Morgan fingerprint density at radius 3 is 2.53 bits per heavy atom. The summed E-state index contributed by atoms with van der Waals surface area (Å²) in [6, 6.07) is 10.4. The summed E-state index contributed by atoms with van der Waals surface area (Å²) in [6.07, 6.45) is 0. The zero-order chi connectivity index (χ0) is 14.0. The van der Waals surface area contributed by atoms with Crippen molar-refractivity contribution in [3.05, 3.63) is 62.0 Å². The molecule has 0 bridgehead atoms. The van der Waals surface area contributed by atoms with Crippen LogP contribution in [0, 0.1) is 6.92 Å². The average Bonchev–Trinajstić information content (AvgIpc) is 2.33. The molecule has 0 heterocycles. The van der Waals surface area contributed by atoms with Crippen molar-refractivity contribution in [2.45, 2.75) is 6.92 Å². The third-order valence-electron chi connectivity index (χ3n) is 2.61. The lowest BCUT2D eigenvalue weighted by Crippen LogP contribution is -2.12. The molecule has 0 fully saturated rings. The van der Waals surface area contributed by atoms with E-state index in [2.05, 4.69) is 21.2 Å². The second-order valence-corrected chi connectivity index (χ2v) is 5.74. The lowest BCUT2D eigenvalue weighted by molar-refractivity contribution is 0.102. The van der Waals surface area contributed by atoms with Crippen LogP contribution in [0.1, 0.15) is 15.9 Å². The predicted molar refractivity (Wildman–Crippen MR) is 83.3 cm³/mol. The van der Waals surface area contributed by atoms with Gasteiger partial charge in [0.2, 0.25) is 0 Å². The third kappa shape index (κ3) is 3.50. The van der Waals surface area contributed by atoms with Crippen LogP contribution < -0.4 is 5.32 Å². The highest BCUT2D eigenvalue weighted by atomic mass is 79.9. The van der Waals surface area contributed by atoms with Gasteiger partial charge in [0.25, 0.3) is 5.91 Å². The minimum absolute atomic E-state index is 0.266. The quantitative estimate of drug-likeness (QED) is 0.773. The van der Waals surface area contributed by atoms with Crippen molar-refractivity contribution >= 4 is 50.7 Å². The van der Waals surface area contributed by atoms with Crippen LogP contribution in [0.3, 0.4) is 0 Å². The molecule has 2 aromatic carbocycles. The highest BCUT2D eigenvalue weighted by molar-refractivity contribution is 9.10. The van der Waals surface area contributed by atoms with Crippen LogP contribution in [-0.4, -0.2) is 5.91 Å². The van der Waals surface area contributed by atoms with E-state index in [4.69, 9.17) is 23.2 Å². The van der Waals surface area contributed by atoms with E-state index in [1.165, 1.54) is 0 Å². The third-order valence-corrected chi connectivity index (χ3v) is 4.01. The first-order chi connectivity index (χ1) is 8.97. The van der Waals surface area contributed by atoms with Gasteiger partial charge in [-0.2, -0.15) is 0 Å². The fourth-order valence-electron chi connectivity index (χ4n) is 1.54. The maximum atomic E-state index is 12.1. The molecule has 1 amide bonds. The van der Waals surface area contributed by atoms with Crippen molar-refractivity contribution in [2.75, 3.05) is 5.32 Å². The average molecular weight is 359 g/mol. The highest BCUT2D eigenvalue weighted by Crippen LogP contribution is 2.24. The van der Waals surface area contributed by atoms with Crippen molar-refractivity contribution in [2.24, 2.45) is 0 Å². The second-order valence-electron chi connectivity index (χ2n) is 4.04. The minimum atomic E-state index is -0.266. The Labute approximate surface area is 129 Å².